The molecule has 0 amide bonds. The molecule has 1 aliphatic heterocycles. The lowest BCUT2D eigenvalue weighted by Crippen LogP contribution is -2.43. The van der Waals surface area contributed by atoms with Gasteiger partial charge in [-0.3, -0.25) is 0 Å². The normalized spacial score (nSPS) is 24.9. The maximum atomic E-state index is 10.5. The molecule has 0 saturated carbocycles. The van der Waals surface area contributed by atoms with Gasteiger partial charge < -0.3 is 15.2 Å². The van der Waals surface area contributed by atoms with Crippen molar-refractivity contribution in [3.63, 3.8) is 0 Å². The van der Waals surface area contributed by atoms with Crippen molar-refractivity contribution in [2.75, 3.05) is 18.5 Å². The quantitative estimate of drug-likeness (QED) is 0.901. The first-order valence-electron chi connectivity index (χ1n) is 7.00. The Kier molecular flexibility index (Phi) is 3.50. The third-order valence-electron chi connectivity index (χ3n) is 4.07. The van der Waals surface area contributed by atoms with Crippen LogP contribution in [0.25, 0.3) is 10.9 Å². The lowest BCUT2D eigenvalue weighted by molar-refractivity contribution is -0.0176. The second-order valence-electron chi connectivity index (χ2n) is 5.40. The summed E-state index contributed by atoms with van der Waals surface area (Å²) in [7, 11) is 0. The number of nitrogens with zero attached hydrogens (tertiary/aromatic N) is 2. The van der Waals surface area contributed by atoms with E-state index in [1.807, 2.05) is 31.2 Å². The third kappa shape index (κ3) is 2.56. The SMILES string of the molecule is CC1OCCC1(O)CNc1cc(C#N)c2ccccc2n1. The van der Waals surface area contributed by atoms with Crippen molar-refractivity contribution in [3.05, 3.63) is 35.9 Å². The molecule has 0 aliphatic carbocycles. The van der Waals surface area contributed by atoms with E-state index in [2.05, 4.69) is 16.4 Å². The number of benzene rings is 1. The summed E-state index contributed by atoms with van der Waals surface area (Å²) in [6.07, 6.45) is 0.390. The summed E-state index contributed by atoms with van der Waals surface area (Å²) >= 11 is 0. The minimum absolute atomic E-state index is 0.208. The first-order valence-corrected chi connectivity index (χ1v) is 7.00. The van der Waals surface area contributed by atoms with Crippen LogP contribution in [0, 0.1) is 11.3 Å². The van der Waals surface area contributed by atoms with E-state index in [1.165, 1.54) is 0 Å². The number of pyridine rings is 1. The number of ether oxygens (including phenoxy) is 1. The van der Waals surface area contributed by atoms with Gasteiger partial charge in [0.2, 0.25) is 0 Å². The molecular weight excluding hydrogens is 266 g/mol. The van der Waals surface area contributed by atoms with Gasteiger partial charge in [-0.05, 0) is 19.1 Å². The van der Waals surface area contributed by atoms with Crippen molar-refractivity contribution < 1.29 is 9.84 Å². The highest BCUT2D eigenvalue weighted by Gasteiger charge is 2.39. The summed E-state index contributed by atoms with van der Waals surface area (Å²) in [5, 5.41) is 23.7. The van der Waals surface area contributed by atoms with Crippen molar-refractivity contribution in [1.29, 1.82) is 5.26 Å². The van der Waals surface area contributed by atoms with Crippen LogP contribution in [0.15, 0.2) is 30.3 Å². The molecule has 2 N–H and O–H groups in total. The van der Waals surface area contributed by atoms with E-state index < -0.39 is 5.60 Å². The molecule has 0 spiro atoms. The molecule has 2 aromatic rings. The molecule has 0 radical (unpaired) electrons. The van der Waals surface area contributed by atoms with Gasteiger partial charge in [0.05, 0.1) is 23.3 Å². The van der Waals surface area contributed by atoms with E-state index in [9.17, 15) is 10.4 Å². The number of nitrogens with one attached hydrogen (secondary N) is 1. The highest BCUT2D eigenvalue weighted by molar-refractivity contribution is 5.86. The number of hydrogen-bond acceptors (Lipinski definition) is 5. The number of para-hydroxylation sites is 1. The highest BCUT2D eigenvalue weighted by atomic mass is 16.5. The summed E-state index contributed by atoms with van der Waals surface area (Å²) in [5.41, 5.74) is 0.452. The van der Waals surface area contributed by atoms with Crippen LogP contribution in [-0.2, 0) is 4.74 Å². The van der Waals surface area contributed by atoms with Crippen LogP contribution in [0.2, 0.25) is 0 Å². The Morgan fingerprint density at radius 2 is 2.33 bits per heavy atom. The fourth-order valence-electron chi connectivity index (χ4n) is 2.61. The molecule has 5 nitrogen and oxygen atoms in total. The maximum absolute atomic E-state index is 10.5. The molecule has 2 heterocycles. The van der Waals surface area contributed by atoms with E-state index in [4.69, 9.17) is 4.74 Å². The van der Waals surface area contributed by atoms with Gasteiger partial charge in [-0.25, -0.2) is 4.98 Å². The monoisotopic (exact) mass is 283 g/mol. The standard InChI is InChI=1S/C16H17N3O2/c1-11-16(20,6-7-21-11)10-18-15-8-12(9-17)13-4-2-3-5-14(13)19-15/h2-5,8,11,20H,6-7,10H2,1H3,(H,18,19). The zero-order valence-electron chi connectivity index (χ0n) is 11.8. The molecule has 0 bridgehead atoms. The Bertz CT molecular complexity index is 710. The average Bonchev–Trinajstić information content (AvgIpc) is 2.84. The molecule has 3 rings (SSSR count). The van der Waals surface area contributed by atoms with Gasteiger partial charge in [0.25, 0.3) is 0 Å². The number of hydrogen-bond donors (Lipinski definition) is 2. The van der Waals surface area contributed by atoms with E-state index in [0.717, 1.165) is 10.9 Å². The maximum Gasteiger partial charge on any atom is 0.128 e. The summed E-state index contributed by atoms with van der Waals surface area (Å²) in [6.45, 7) is 2.78. The molecule has 5 heteroatoms. The van der Waals surface area contributed by atoms with Gasteiger partial charge in [0.15, 0.2) is 0 Å². The van der Waals surface area contributed by atoms with E-state index >= 15 is 0 Å². The van der Waals surface area contributed by atoms with Crippen molar-refractivity contribution in [2.45, 2.75) is 25.0 Å². The molecule has 2 unspecified atom stereocenters. The number of nitriles is 1. The van der Waals surface area contributed by atoms with Gasteiger partial charge in [0.1, 0.15) is 11.4 Å². The van der Waals surface area contributed by atoms with Crippen LogP contribution < -0.4 is 5.32 Å². The fraction of sp³-hybridized carbons (Fsp3) is 0.375. The van der Waals surface area contributed by atoms with Gasteiger partial charge in [-0.15, -0.1) is 0 Å². The summed E-state index contributed by atoms with van der Waals surface area (Å²) in [5.74, 6) is 0.595. The Morgan fingerprint density at radius 1 is 1.52 bits per heavy atom. The zero-order valence-corrected chi connectivity index (χ0v) is 11.8. The van der Waals surface area contributed by atoms with E-state index in [0.29, 0.717) is 31.0 Å². The van der Waals surface area contributed by atoms with Crippen LogP contribution in [0.5, 0.6) is 0 Å². The summed E-state index contributed by atoms with van der Waals surface area (Å²) in [6, 6.07) is 11.4. The third-order valence-corrected chi connectivity index (χ3v) is 4.07. The van der Waals surface area contributed by atoms with Gasteiger partial charge in [0, 0.05) is 25.0 Å². The molecule has 1 aliphatic rings. The number of aliphatic hydroxyl groups is 1. The van der Waals surface area contributed by atoms with Crippen molar-refractivity contribution in [1.82, 2.24) is 4.98 Å². The van der Waals surface area contributed by atoms with Gasteiger partial charge >= 0.3 is 0 Å². The molecule has 2 atom stereocenters. The second kappa shape index (κ2) is 5.32. The predicted octanol–water partition coefficient (Wildman–Crippen LogP) is 2.06. The van der Waals surface area contributed by atoms with Crippen LogP contribution in [0.4, 0.5) is 5.82 Å². The van der Waals surface area contributed by atoms with Crippen LogP contribution in [0.1, 0.15) is 18.9 Å². The van der Waals surface area contributed by atoms with Crippen LogP contribution in [0.3, 0.4) is 0 Å². The molecular formula is C16H17N3O2. The van der Waals surface area contributed by atoms with Crippen LogP contribution in [-0.4, -0.2) is 34.9 Å². The largest absolute Gasteiger partial charge is 0.385 e. The molecule has 1 aromatic heterocycles. The molecule has 1 aromatic carbocycles. The number of aromatic nitrogens is 1. The molecule has 108 valence electrons. The Morgan fingerprint density at radius 3 is 3.05 bits per heavy atom. The Hall–Kier alpha value is -2.16. The van der Waals surface area contributed by atoms with Gasteiger partial charge in [-0.2, -0.15) is 5.26 Å². The Labute approximate surface area is 123 Å². The first-order chi connectivity index (χ1) is 10.1. The minimum atomic E-state index is -0.889. The summed E-state index contributed by atoms with van der Waals surface area (Å²) < 4.78 is 5.41. The minimum Gasteiger partial charge on any atom is -0.385 e. The lowest BCUT2D eigenvalue weighted by atomic mass is 9.97. The highest BCUT2D eigenvalue weighted by Crippen LogP contribution is 2.26. The van der Waals surface area contributed by atoms with Crippen molar-refractivity contribution in [3.8, 4) is 6.07 Å². The predicted molar refractivity (Wildman–Crippen MR) is 79.9 cm³/mol. The molecule has 1 saturated heterocycles. The van der Waals surface area contributed by atoms with Crippen molar-refractivity contribution >= 4 is 16.7 Å². The Balaban J connectivity index is 1.86. The smallest absolute Gasteiger partial charge is 0.128 e. The van der Waals surface area contributed by atoms with Crippen LogP contribution >= 0.6 is 0 Å². The number of rotatable bonds is 3. The lowest BCUT2D eigenvalue weighted by Gasteiger charge is -2.26. The van der Waals surface area contributed by atoms with E-state index in [1.54, 1.807) is 6.07 Å². The average molecular weight is 283 g/mol. The molecule has 1 fully saturated rings. The topological polar surface area (TPSA) is 78.2 Å². The van der Waals surface area contributed by atoms with E-state index in [-0.39, 0.29) is 6.10 Å². The van der Waals surface area contributed by atoms with Gasteiger partial charge in [-0.1, -0.05) is 18.2 Å². The number of fused-ring (bicyclic) bond motifs is 1. The molecule has 21 heavy (non-hydrogen) atoms. The first kappa shape index (κ1) is 13.8. The summed E-state index contributed by atoms with van der Waals surface area (Å²) in [4.78, 5) is 4.49. The zero-order chi connectivity index (χ0) is 14.9. The number of anilines is 1. The van der Waals surface area contributed by atoms with Crippen molar-refractivity contribution in [2.24, 2.45) is 0 Å². The second-order valence-corrected chi connectivity index (χ2v) is 5.40. The fourth-order valence-corrected chi connectivity index (χ4v) is 2.61.